The molecule has 0 aliphatic heterocycles. The van der Waals surface area contributed by atoms with Gasteiger partial charge in [-0.05, 0) is 24.6 Å². The monoisotopic (exact) mass is 229 g/mol. The Balaban J connectivity index is 1.95. The molecule has 0 N–H and O–H groups in total. The molecule has 3 heteroatoms. The minimum Gasteiger partial charge on any atom is -0.491 e. The third-order valence-corrected chi connectivity index (χ3v) is 2.58. The Hall–Kier alpha value is -2.03. The molecule has 88 valence electrons. The van der Waals surface area contributed by atoms with Crippen LogP contribution in [-0.2, 0) is 6.54 Å². The zero-order chi connectivity index (χ0) is 12.1. The number of benzene rings is 1. The van der Waals surface area contributed by atoms with Gasteiger partial charge in [0.25, 0.3) is 5.56 Å². The molecule has 0 saturated carbocycles. The maximum atomic E-state index is 11.4. The van der Waals surface area contributed by atoms with E-state index in [9.17, 15) is 4.79 Å². The number of hydrogen-bond donors (Lipinski definition) is 0. The first-order valence-electron chi connectivity index (χ1n) is 5.61. The summed E-state index contributed by atoms with van der Waals surface area (Å²) in [5, 5.41) is 0. The van der Waals surface area contributed by atoms with Crippen LogP contribution in [0, 0.1) is 6.92 Å². The maximum absolute atomic E-state index is 11.4. The van der Waals surface area contributed by atoms with Gasteiger partial charge in [-0.25, -0.2) is 0 Å². The second-order valence-electron chi connectivity index (χ2n) is 3.85. The fourth-order valence-corrected chi connectivity index (χ4v) is 1.62. The number of nitrogens with zero attached hydrogens (tertiary/aromatic N) is 1. The highest BCUT2D eigenvalue weighted by molar-refractivity contribution is 5.31. The predicted octanol–water partition coefficient (Wildman–Crippen LogP) is 2.24. The second-order valence-corrected chi connectivity index (χ2v) is 3.85. The molecule has 0 fully saturated rings. The Morgan fingerprint density at radius 2 is 1.88 bits per heavy atom. The van der Waals surface area contributed by atoms with Crippen molar-refractivity contribution in [3.63, 3.8) is 0 Å². The van der Waals surface area contributed by atoms with Gasteiger partial charge in [0.2, 0.25) is 0 Å². The number of aryl methyl sites for hydroxylation is 1. The molecule has 0 saturated heterocycles. The summed E-state index contributed by atoms with van der Waals surface area (Å²) in [6.45, 7) is 3.06. The summed E-state index contributed by atoms with van der Waals surface area (Å²) in [6, 6.07) is 13.0. The Bertz CT molecular complexity index is 546. The van der Waals surface area contributed by atoms with Gasteiger partial charge in [-0.15, -0.1) is 0 Å². The lowest BCUT2D eigenvalue weighted by Gasteiger charge is -2.09. The topological polar surface area (TPSA) is 31.2 Å². The number of para-hydroxylation sites is 1. The summed E-state index contributed by atoms with van der Waals surface area (Å²) in [7, 11) is 0. The fraction of sp³-hybridized carbons (Fsp3) is 0.214. The maximum Gasteiger partial charge on any atom is 0.250 e. The Kier molecular flexibility index (Phi) is 3.60. The first kappa shape index (κ1) is 11.5. The van der Waals surface area contributed by atoms with Gasteiger partial charge >= 0.3 is 0 Å². The van der Waals surface area contributed by atoms with E-state index in [1.54, 1.807) is 22.9 Å². The average molecular weight is 229 g/mol. The molecule has 0 amide bonds. The molecule has 2 rings (SSSR count). The quantitative estimate of drug-likeness (QED) is 0.805. The summed E-state index contributed by atoms with van der Waals surface area (Å²) in [5.41, 5.74) is 1.11. The molecule has 0 bridgehead atoms. The van der Waals surface area contributed by atoms with Gasteiger partial charge in [-0.3, -0.25) is 4.79 Å². The van der Waals surface area contributed by atoms with Crippen molar-refractivity contribution >= 4 is 0 Å². The third-order valence-electron chi connectivity index (χ3n) is 2.58. The van der Waals surface area contributed by atoms with Crippen LogP contribution in [0.15, 0.2) is 53.5 Å². The summed E-state index contributed by atoms with van der Waals surface area (Å²) < 4.78 is 7.27. The minimum atomic E-state index is 0.000818. The molecule has 1 aromatic heterocycles. The lowest BCUT2D eigenvalue weighted by Crippen LogP contribution is -2.21. The third kappa shape index (κ3) is 2.97. The Morgan fingerprint density at radius 3 is 2.65 bits per heavy atom. The zero-order valence-electron chi connectivity index (χ0n) is 9.80. The van der Waals surface area contributed by atoms with Gasteiger partial charge in [0.15, 0.2) is 0 Å². The smallest absolute Gasteiger partial charge is 0.250 e. The normalized spacial score (nSPS) is 10.2. The summed E-state index contributed by atoms with van der Waals surface area (Å²) >= 11 is 0. The molecule has 3 nitrogen and oxygen atoms in total. The second kappa shape index (κ2) is 5.34. The molecule has 2 aromatic rings. The van der Waals surface area contributed by atoms with Crippen LogP contribution in [0.5, 0.6) is 5.75 Å². The van der Waals surface area contributed by atoms with E-state index < -0.39 is 0 Å². The van der Waals surface area contributed by atoms with Crippen molar-refractivity contribution in [2.45, 2.75) is 13.5 Å². The van der Waals surface area contributed by atoms with E-state index in [2.05, 4.69) is 0 Å². The van der Waals surface area contributed by atoms with E-state index in [4.69, 9.17) is 4.74 Å². The molecule has 0 radical (unpaired) electrons. The number of ether oxygens (including phenoxy) is 1. The summed E-state index contributed by atoms with van der Waals surface area (Å²) in [5.74, 6) is 0.872. The summed E-state index contributed by atoms with van der Waals surface area (Å²) in [6.07, 6.45) is 1.77. The fourth-order valence-electron chi connectivity index (χ4n) is 1.62. The molecule has 0 atom stereocenters. The van der Waals surface area contributed by atoms with Gasteiger partial charge in [0, 0.05) is 12.3 Å². The molecule has 0 spiro atoms. The van der Waals surface area contributed by atoms with Crippen molar-refractivity contribution in [1.29, 1.82) is 0 Å². The van der Waals surface area contributed by atoms with Crippen molar-refractivity contribution in [2.24, 2.45) is 0 Å². The standard InChI is InChI=1S/C14H15NO2/c1-12-6-2-3-7-13(12)17-11-10-15-9-5-4-8-14(15)16/h2-9H,10-11H2,1H3. The summed E-state index contributed by atoms with van der Waals surface area (Å²) in [4.78, 5) is 11.4. The van der Waals surface area contributed by atoms with Crippen LogP contribution in [0.25, 0.3) is 0 Å². The molecule has 0 aliphatic rings. The lowest BCUT2D eigenvalue weighted by atomic mass is 10.2. The molecular weight excluding hydrogens is 214 g/mol. The highest BCUT2D eigenvalue weighted by Gasteiger charge is 1.98. The van der Waals surface area contributed by atoms with Gasteiger partial charge in [0.05, 0.1) is 6.54 Å². The van der Waals surface area contributed by atoms with Crippen molar-refractivity contribution in [2.75, 3.05) is 6.61 Å². The largest absolute Gasteiger partial charge is 0.491 e. The van der Waals surface area contributed by atoms with E-state index in [1.807, 2.05) is 37.3 Å². The number of rotatable bonds is 4. The molecular formula is C14H15NO2. The zero-order valence-corrected chi connectivity index (χ0v) is 9.80. The van der Waals surface area contributed by atoms with E-state index in [-0.39, 0.29) is 5.56 Å². The van der Waals surface area contributed by atoms with E-state index in [0.717, 1.165) is 11.3 Å². The molecule has 17 heavy (non-hydrogen) atoms. The lowest BCUT2D eigenvalue weighted by molar-refractivity contribution is 0.294. The van der Waals surface area contributed by atoms with Gasteiger partial charge in [-0.1, -0.05) is 24.3 Å². The molecule has 0 unspecified atom stereocenters. The van der Waals surface area contributed by atoms with E-state index in [1.165, 1.54) is 0 Å². The van der Waals surface area contributed by atoms with Gasteiger partial charge in [0.1, 0.15) is 12.4 Å². The first-order valence-corrected chi connectivity index (χ1v) is 5.61. The number of pyridine rings is 1. The van der Waals surface area contributed by atoms with Crippen LogP contribution in [0.1, 0.15) is 5.56 Å². The molecule has 1 aromatic carbocycles. The minimum absolute atomic E-state index is 0.000818. The van der Waals surface area contributed by atoms with Crippen LogP contribution in [0.4, 0.5) is 0 Å². The highest BCUT2D eigenvalue weighted by atomic mass is 16.5. The van der Waals surface area contributed by atoms with Crippen LogP contribution >= 0.6 is 0 Å². The van der Waals surface area contributed by atoms with Crippen molar-refractivity contribution in [1.82, 2.24) is 4.57 Å². The van der Waals surface area contributed by atoms with Crippen LogP contribution in [0.2, 0.25) is 0 Å². The van der Waals surface area contributed by atoms with Gasteiger partial charge in [-0.2, -0.15) is 0 Å². The molecule has 1 heterocycles. The van der Waals surface area contributed by atoms with Gasteiger partial charge < -0.3 is 9.30 Å². The van der Waals surface area contributed by atoms with Crippen LogP contribution in [0.3, 0.4) is 0 Å². The van der Waals surface area contributed by atoms with E-state index >= 15 is 0 Å². The highest BCUT2D eigenvalue weighted by Crippen LogP contribution is 2.15. The Morgan fingerprint density at radius 1 is 1.12 bits per heavy atom. The first-order chi connectivity index (χ1) is 8.27. The van der Waals surface area contributed by atoms with Crippen molar-refractivity contribution in [3.05, 3.63) is 64.6 Å². The van der Waals surface area contributed by atoms with Crippen molar-refractivity contribution in [3.8, 4) is 5.75 Å². The number of hydrogen-bond acceptors (Lipinski definition) is 2. The molecule has 0 aliphatic carbocycles. The van der Waals surface area contributed by atoms with Crippen LogP contribution < -0.4 is 10.3 Å². The number of aromatic nitrogens is 1. The Labute approximate surface area is 100 Å². The predicted molar refractivity (Wildman–Crippen MR) is 67.4 cm³/mol. The average Bonchev–Trinajstić information content (AvgIpc) is 2.34. The van der Waals surface area contributed by atoms with Crippen molar-refractivity contribution < 1.29 is 4.74 Å². The SMILES string of the molecule is Cc1ccccc1OCCn1ccccc1=O. The van der Waals surface area contributed by atoms with Crippen LogP contribution in [-0.4, -0.2) is 11.2 Å². The van der Waals surface area contributed by atoms with E-state index in [0.29, 0.717) is 13.2 Å².